The molecular weight excluding hydrogens is 338 g/mol. The van der Waals surface area contributed by atoms with Crippen LogP contribution in [0.2, 0.25) is 0 Å². The Balaban J connectivity index is 1.78. The first kappa shape index (κ1) is 18.3. The molecule has 3 N–H and O–H groups in total. The monoisotopic (exact) mass is 361 g/mol. The van der Waals surface area contributed by atoms with Crippen LogP contribution in [-0.4, -0.2) is 24.6 Å². The van der Waals surface area contributed by atoms with Gasteiger partial charge in [0.25, 0.3) is 5.91 Å². The minimum absolute atomic E-state index is 0.0195. The fourth-order valence-corrected chi connectivity index (χ4v) is 2.87. The first-order valence-electron chi connectivity index (χ1n) is 8.78. The predicted octanol–water partition coefficient (Wildman–Crippen LogP) is 2.61. The van der Waals surface area contributed by atoms with Crippen molar-refractivity contribution in [2.24, 2.45) is 0 Å². The number of nitrogens with one attached hydrogen (secondary N) is 1. The number of halogens is 2. The molecule has 1 aliphatic carbocycles. The Bertz CT molecular complexity index is 718. The molecule has 2 aromatic carbocycles. The Morgan fingerprint density at radius 3 is 2.27 bits per heavy atom. The Morgan fingerprint density at radius 2 is 1.69 bits per heavy atom. The SMILES string of the molecule is C[C@H]([NH2+][C@H](c1ccccc1)c1ccc(OC(F)F)cc1)C(=O)NC1CC1. The Morgan fingerprint density at radius 1 is 1.08 bits per heavy atom. The Kier molecular flexibility index (Phi) is 5.83. The fraction of sp³-hybridized carbons (Fsp3) is 0.350. The molecule has 2 aromatic rings. The highest BCUT2D eigenvalue weighted by atomic mass is 19.3. The van der Waals surface area contributed by atoms with Crippen molar-refractivity contribution in [1.29, 1.82) is 0 Å². The minimum atomic E-state index is -2.84. The number of carbonyl (C=O) groups excluding carboxylic acids is 1. The molecule has 6 heteroatoms. The van der Waals surface area contributed by atoms with Crippen LogP contribution < -0.4 is 15.4 Å². The van der Waals surface area contributed by atoms with Gasteiger partial charge >= 0.3 is 6.61 Å². The van der Waals surface area contributed by atoms with Crippen molar-refractivity contribution in [3.63, 3.8) is 0 Å². The van der Waals surface area contributed by atoms with E-state index in [9.17, 15) is 13.6 Å². The van der Waals surface area contributed by atoms with Crippen molar-refractivity contribution in [3.8, 4) is 5.75 Å². The molecule has 4 nitrogen and oxygen atoms in total. The smallest absolute Gasteiger partial charge is 0.387 e. The number of quaternary nitrogens is 1. The lowest BCUT2D eigenvalue weighted by Gasteiger charge is -2.21. The molecule has 1 aliphatic rings. The number of alkyl halides is 2. The molecule has 0 aromatic heterocycles. The maximum Gasteiger partial charge on any atom is 0.387 e. The highest BCUT2D eigenvalue weighted by Crippen LogP contribution is 2.22. The van der Waals surface area contributed by atoms with Crippen LogP contribution in [0.4, 0.5) is 8.78 Å². The molecule has 1 fully saturated rings. The van der Waals surface area contributed by atoms with Gasteiger partial charge in [-0.2, -0.15) is 8.78 Å². The summed E-state index contributed by atoms with van der Waals surface area (Å²) in [5, 5.41) is 5.02. The van der Waals surface area contributed by atoms with Gasteiger partial charge in [0.15, 0.2) is 6.04 Å². The standard InChI is InChI=1S/C20H22F2N2O2/c1-13(19(25)24-16-9-10-16)23-18(14-5-3-2-4-6-14)15-7-11-17(12-8-15)26-20(21)22/h2-8,11-13,16,18,20,23H,9-10H2,1H3,(H,24,25)/p+1/t13-,18+/m0/s1. The van der Waals surface area contributed by atoms with E-state index in [-0.39, 0.29) is 23.7 Å². The zero-order valence-corrected chi connectivity index (χ0v) is 14.6. The average Bonchev–Trinajstić information content (AvgIpc) is 3.44. The number of hydrogen-bond donors (Lipinski definition) is 2. The van der Waals surface area contributed by atoms with Crippen LogP contribution in [0.3, 0.4) is 0 Å². The number of carbonyl (C=O) groups is 1. The number of ether oxygens (including phenoxy) is 1. The number of nitrogens with two attached hydrogens (primary N) is 1. The summed E-state index contributed by atoms with van der Waals surface area (Å²) in [6.45, 7) is -0.967. The minimum Gasteiger partial charge on any atom is -0.435 e. The molecule has 138 valence electrons. The van der Waals surface area contributed by atoms with Gasteiger partial charge in [0.1, 0.15) is 11.8 Å². The summed E-state index contributed by atoms with van der Waals surface area (Å²) in [7, 11) is 0. The molecule has 0 saturated heterocycles. The number of hydrogen-bond acceptors (Lipinski definition) is 2. The van der Waals surface area contributed by atoms with Crippen LogP contribution in [0.1, 0.15) is 36.9 Å². The lowest BCUT2D eigenvalue weighted by Crippen LogP contribution is -2.92. The second kappa shape index (κ2) is 8.27. The molecule has 0 bridgehead atoms. The second-order valence-corrected chi connectivity index (χ2v) is 6.60. The molecule has 1 saturated carbocycles. The summed E-state index contributed by atoms with van der Waals surface area (Å²) < 4.78 is 29.1. The van der Waals surface area contributed by atoms with E-state index in [2.05, 4.69) is 10.1 Å². The van der Waals surface area contributed by atoms with Crippen molar-refractivity contribution < 1.29 is 23.6 Å². The maximum atomic E-state index is 12.3. The van der Waals surface area contributed by atoms with Gasteiger partial charge in [-0.05, 0) is 44.0 Å². The van der Waals surface area contributed by atoms with Crippen LogP contribution in [0.25, 0.3) is 0 Å². The van der Waals surface area contributed by atoms with E-state index in [1.807, 2.05) is 42.6 Å². The predicted molar refractivity (Wildman–Crippen MR) is 93.9 cm³/mol. The number of benzene rings is 2. The highest BCUT2D eigenvalue weighted by molar-refractivity contribution is 5.80. The summed E-state index contributed by atoms with van der Waals surface area (Å²) in [5.41, 5.74) is 1.96. The zero-order valence-electron chi connectivity index (χ0n) is 14.6. The zero-order chi connectivity index (χ0) is 18.5. The molecule has 0 unspecified atom stereocenters. The summed E-state index contributed by atoms with van der Waals surface area (Å²) in [6.07, 6.45) is 2.10. The highest BCUT2D eigenvalue weighted by Gasteiger charge is 2.29. The van der Waals surface area contributed by atoms with Crippen LogP contribution in [0, 0.1) is 0 Å². The molecule has 2 atom stereocenters. The van der Waals surface area contributed by atoms with Gasteiger partial charge in [-0.1, -0.05) is 30.3 Å². The van der Waals surface area contributed by atoms with Gasteiger partial charge in [0, 0.05) is 17.2 Å². The summed E-state index contributed by atoms with van der Waals surface area (Å²) in [4.78, 5) is 12.3. The third-order valence-electron chi connectivity index (χ3n) is 4.44. The first-order chi connectivity index (χ1) is 12.5. The van der Waals surface area contributed by atoms with Gasteiger partial charge in [0.2, 0.25) is 0 Å². The average molecular weight is 361 g/mol. The molecule has 3 rings (SSSR count). The number of amides is 1. The molecule has 0 spiro atoms. The summed E-state index contributed by atoms with van der Waals surface area (Å²) in [5.74, 6) is 0.140. The second-order valence-electron chi connectivity index (χ2n) is 6.60. The lowest BCUT2D eigenvalue weighted by atomic mass is 9.97. The van der Waals surface area contributed by atoms with Crippen LogP contribution in [-0.2, 0) is 4.79 Å². The van der Waals surface area contributed by atoms with E-state index in [0.29, 0.717) is 6.04 Å². The van der Waals surface area contributed by atoms with E-state index < -0.39 is 6.61 Å². The van der Waals surface area contributed by atoms with Crippen molar-refractivity contribution in [2.45, 2.75) is 44.5 Å². The maximum absolute atomic E-state index is 12.3. The van der Waals surface area contributed by atoms with Crippen LogP contribution in [0.5, 0.6) is 5.75 Å². The van der Waals surface area contributed by atoms with Crippen molar-refractivity contribution in [2.75, 3.05) is 0 Å². The van der Waals surface area contributed by atoms with Crippen molar-refractivity contribution in [1.82, 2.24) is 5.32 Å². The molecule has 26 heavy (non-hydrogen) atoms. The lowest BCUT2D eigenvalue weighted by molar-refractivity contribution is -0.704. The summed E-state index contributed by atoms with van der Waals surface area (Å²) >= 11 is 0. The fourth-order valence-electron chi connectivity index (χ4n) is 2.87. The molecule has 0 heterocycles. The first-order valence-corrected chi connectivity index (χ1v) is 8.78. The number of rotatable bonds is 8. The molecule has 0 aliphatic heterocycles. The van der Waals surface area contributed by atoms with E-state index in [0.717, 1.165) is 24.0 Å². The largest absolute Gasteiger partial charge is 0.435 e. The van der Waals surface area contributed by atoms with E-state index in [1.54, 1.807) is 12.1 Å². The van der Waals surface area contributed by atoms with Crippen LogP contribution >= 0.6 is 0 Å². The molecule has 1 amide bonds. The van der Waals surface area contributed by atoms with Gasteiger partial charge < -0.3 is 15.4 Å². The quantitative estimate of drug-likeness (QED) is 0.759. The Labute approximate surface area is 151 Å². The third kappa shape index (κ3) is 5.02. The topological polar surface area (TPSA) is 54.9 Å². The van der Waals surface area contributed by atoms with E-state index in [4.69, 9.17) is 0 Å². The van der Waals surface area contributed by atoms with Crippen LogP contribution in [0.15, 0.2) is 54.6 Å². The van der Waals surface area contributed by atoms with E-state index in [1.165, 1.54) is 12.1 Å². The van der Waals surface area contributed by atoms with Gasteiger partial charge in [-0.3, -0.25) is 4.79 Å². The van der Waals surface area contributed by atoms with Gasteiger partial charge in [-0.15, -0.1) is 0 Å². The molecule has 0 radical (unpaired) electrons. The third-order valence-corrected chi connectivity index (χ3v) is 4.44. The normalized spacial score (nSPS) is 16.2. The van der Waals surface area contributed by atoms with Gasteiger partial charge in [0.05, 0.1) is 0 Å². The molecular formula is C20H23F2N2O2+. The van der Waals surface area contributed by atoms with Gasteiger partial charge in [-0.25, -0.2) is 0 Å². The van der Waals surface area contributed by atoms with E-state index >= 15 is 0 Å². The van der Waals surface area contributed by atoms with Crippen molar-refractivity contribution in [3.05, 3.63) is 65.7 Å². The Hall–Kier alpha value is -2.47. The summed E-state index contributed by atoms with van der Waals surface area (Å²) in [6, 6.07) is 16.3. The van der Waals surface area contributed by atoms with Crippen molar-refractivity contribution >= 4 is 5.91 Å².